The number of halogens is 1. The maximum atomic E-state index is 4.52. The average molecular weight is 321 g/mol. The second-order valence-corrected chi connectivity index (χ2v) is 5.99. The quantitative estimate of drug-likeness (QED) is 0.723. The number of nitrogens with one attached hydrogen (secondary N) is 1. The normalized spacial score (nSPS) is 12.6. The van der Waals surface area contributed by atoms with Gasteiger partial charge in [-0.25, -0.2) is 0 Å². The lowest BCUT2D eigenvalue weighted by Gasteiger charge is -2.16. The van der Waals surface area contributed by atoms with Crippen molar-refractivity contribution in [2.45, 2.75) is 45.6 Å². The highest BCUT2D eigenvalue weighted by Gasteiger charge is 2.06. The van der Waals surface area contributed by atoms with Crippen LogP contribution in [-0.4, -0.2) is 11.0 Å². The van der Waals surface area contributed by atoms with Crippen LogP contribution in [0.15, 0.2) is 34.9 Å². The highest BCUT2D eigenvalue weighted by molar-refractivity contribution is 9.10. The van der Waals surface area contributed by atoms with Gasteiger partial charge in [0.1, 0.15) is 0 Å². The number of fused-ring (bicyclic) bond motifs is 1. The molecule has 0 bridgehead atoms. The molecule has 0 aliphatic carbocycles. The summed E-state index contributed by atoms with van der Waals surface area (Å²) in [6.45, 7) is 4.48. The Morgan fingerprint density at radius 3 is 2.95 bits per heavy atom. The first-order valence-corrected chi connectivity index (χ1v) is 7.81. The summed E-state index contributed by atoms with van der Waals surface area (Å²) in [5.41, 5.74) is 2.18. The zero-order chi connectivity index (χ0) is 13.7. The summed E-state index contributed by atoms with van der Waals surface area (Å²) in [5.74, 6) is 0. The van der Waals surface area contributed by atoms with Gasteiger partial charge in [-0.3, -0.25) is 4.98 Å². The minimum atomic E-state index is 0.489. The van der Waals surface area contributed by atoms with Gasteiger partial charge in [0.2, 0.25) is 0 Å². The first-order chi connectivity index (χ1) is 9.20. The van der Waals surface area contributed by atoms with Crippen LogP contribution in [-0.2, 0) is 0 Å². The van der Waals surface area contributed by atoms with Crippen LogP contribution in [0.25, 0.3) is 10.9 Å². The Hall–Kier alpha value is -1.09. The number of rotatable bonds is 6. The molecule has 0 saturated carbocycles. The summed E-state index contributed by atoms with van der Waals surface area (Å²) in [6, 6.07) is 8.88. The molecule has 0 fully saturated rings. The Bertz CT molecular complexity index is 539. The number of hydrogen-bond acceptors (Lipinski definition) is 2. The maximum absolute atomic E-state index is 4.52. The third-order valence-electron chi connectivity index (χ3n) is 3.32. The molecule has 2 aromatic rings. The van der Waals surface area contributed by atoms with Crippen molar-refractivity contribution in [3.05, 3.63) is 34.9 Å². The van der Waals surface area contributed by atoms with Gasteiger partial charge < -0.3 is 5.32 Å². The lowest BCUT2D eigenvalue weighted by molar-refractivity contribution is 0.615. The minimum Gasteiger partial charge on any atom is -0.381 e. The largest absolute Gasteiger partial charge is 0.381 e. The third-order valence-corrected chi connectivity index (χ3v) is 3.75. The van der Waals surface area contributed by atoms with E-state index in [-0.39, 0.29) is 0 Å². The van der Waals surface area contributed by atoms with Crippen molar-refractivity contribution in [3.63, 3.8) is 0 Å². The first kappa shape index (κ1) is 14.3. The maximum Gasteiger partial charge on any atom is 0.0934 e. The molecule has 1 aromatic carbocycles. The molecule has 1 N–H and O–H groups in total. The van der Waals surface area contributed by atoms with Crippen molar-refractivity contribution in [2.24, 2.45) is 0 Å². The molecule has 0 aliphatic rings. The van der Waals surface area contributed by atoms with E-state index in [1.807, 2.05) is 6.20 Å². The van der Waals surface area contributed by atoms with Crippen LogP contribution in [0.1, 0.15) is 39.5 Å². The Morgan fingerprint density at radius 1 is 1.32 bits per heavy atom. The van der Waals surface area contributed by atoms with Gasteiger partial charge in [-0.15, -0.1) is 0 Å². The van der Waals surface area contributed by atoms with Gasteiger partial charge >= 0.3 is 0 Å². The molecule has 102 valence electrons. The van der Waals surface area contributed by atoms with Crippen LogP contribution in [0.5, 0.6) is 0 Å². The van der Waals surface area contributed by atoms with Gasteiger partial charge in [-0.1, -0.05) is 38.3 Å². The summed E-state index contributed by atoms with van der Waals surface area (Å²) in [7, 11) is 0. The zero-order valence-electron chi connectivity index (χ0n) is 11.6. The lowest BCUT2D eigenvalue weighted by Crippen LogP contribution is -2.15. The number of benzene rings is 1. The first-order valence-electron chi connectivity index (χ1n) is 7.01. The predicted molar refractivity (Wildman–Crippen MR) is 86.7 cm³/mol. The van der Waals surface area contributed by atoms with Crippen molar-refractivity contribution in [3.8, 4) is 0 Å². The standard InChI is InChI=1S/C16H21BrN2/c1-3-4-5-7-12(2)19-15-9-6-8-13-10-14(17)11-18-16(13)15/h6,8-12,19H,3-5,7H2,1-2H3. The molecule has 0 aliphatic heterocycles. The monoisotopic (exact) mass is 320 g/mol. The van der Waals surface area contributed by atoms with E-state index in [2.05, 4.69) is 64.3 Å². The number of hydrogen-bond donors (Lipinski definition) is 1. The Balaban J connectivity index is 2.12. The van der Waals surface area contributed by atoms with E-state index in [0.717, 1.165) is 15.7 Å². The molecular weight excluding hydrogens is 300 g/mol. The number of pyridine rings is 1. The Kier molecular flexibility index (Phi) is 5.20. The van der Waals surface area contributed by atoms with Gasteiger partial charge in [0, 0.05) is 22.1 Å². The molecule has 2 rings (SSSR count). The van der Waals surface area contributed by atoms with Crippen molar-refractivity contribution in [1.29, 1.82) is 0 Å². The summed E-state index contributed by atoms with van der Waals surface area (Å²) in [6.07, 6.45) is 6.94. The minimum absolute atomic E-state index is 0.489. The molecule has 0 radical (unpaired) electrons. The van der Waals surface area contributed by atoms with Gasteiger partial charge in [-0.05, 0) is 41.4 Å². The molecule has 19 heavy (non-hydrogen) atoms. The van der Waals surface area contributed by atoms with Crippen molar-refractivity contribution >= 4 is 32.5 Å². The van der Waals surface area contributed by atoms with Gasteiger partial charge in [0.25, 0.3) is 0 Å². The van der Waals surface area contributed by atoms with Crippen LogP contribution in [0.4, 0.5) is 5.69 Å². The molecule has 0 saturated heterocycles. The van der Waals surface area contributed by atoms with Gasteiger partial charge in [0.05, 0.1) is 11.2 Å². The van der Waals surface area contributed by atoms with Crippen LogP contribution in [0.2, 0.25) is 0 Å². The molecule has 1 aromatic heterocycles. The highest BCUT2D eigenvalue weighted by atomic mass is 79.9. The summed E-state index contributed by atoms with van der Waals surface area (Å²) in [5, 5.41) is 4.75. The fraction of sp³-hybridized carbons (Fsp3) is 0.438. The van der Waals surface area contributed by atoms with E-state index in [0.29, 0.717) is 6.04 Å². The average Bonchev–Trinajstić information content (AvgIpc) is 2.39. The summed E-state index contributed by atoms with van der Waals surface area (Å²) < 4.78 is 1.02. The van der Waals surface area contributed by atoms with Crippen LogP contribution in [0, 0.1) is 0 Å². The zero-order valence-corrected chi connectivity index (χ0v) is 13.2. The Labute approximate surface area is 123 Å². The Morgan fingerprint density at radius 2 is 2.16 bits per heavy atom. The molecule has 0 spiro atoms. The van der Waals surface area contributed by atoms with Crippen molar-refractivity contribution in [2.75, 3.05) is 5.32 Å². The third kappa shape index (κ3) is 3.93. The van der Waals surface area contributed by atoms with Gasteiger partial charge in [-0.2, -0.15) is 0 Å². The molecule has 0 amide bonds. The van der Waals surface area contributed by atoms with E-state index in [1.54, 1.807) is 0 Å². The second-order valence-electron chi connectivity index (χ2n) is 5.07. The van der Waals surface area contributed by atoms with Crippen molar-refractivity contribution in [1.82, 2.24) is 4.98 Å². The lowest BCUT2D eigenvalue weighted by atomic mass is 10.1. The van der Waals surface area contributed by atoms with Crippen LogP contribution >= 0.6 is 15.9 Å². The number of aromatic nitrogens is 1. The molecule has 1 atom stereocenters. The number of para-hydroxylation sites is 1. The smallest absolute Gasteiger partial charge is 0.0934 e. The van der Waals surface area contributed by atoms with Crippen molar-refractivity contribution < 1.29 is 0 Å². The molecule has 1 heterocycles. The molecule has 2 nitrogen and oxygen atoms in total. The number of anilines is 1. The molecular formula is C16H21BrN2. The summed E-state index contributed by atoms with van der Waals surface area (Å²) >= 11 is 3.47. The topological polar surface area (TPSA) is 24.9 Å². The fourth-order valence-corrected chi connectivity index (χ4v) is 2.64. The van der Waals surface area contributed by atoms with E-state index in [1.165, 1.54) is 31.1 Å². The van der Waals surface area contributed by atoms with E-state index in [4.69, 9.17) is 0 Å². The van der Waals surface area contributed by atoms with Crippen LogP contribution in [0.3, 0.4) is 0 Å². The molecule has 1 unspecified atom stereocenters. The highest BCUT2D eigenvalue weighted by Crippen LogP contribution is 2.24. The predicted octanol–water partition coefficient (Wildman–Crippen LogP) is 5.38. The number of unbranched alkanes of at least 4 members (excludes halogenated alkanes) is 2. The second kappa shape index (κ2) is 6.90. The fourth-order valence-electron chi connectivity index (χ4n) is 2.29. The van der Waals surface area contributed by atoms with E-state index < -0.39 is 0 Å². The summed E-state index contributed by atoms with van der Waals surface area (Å²) in [4.78, 5) is 4.52. The van der Waals surface area contributed by atoms with Gasteiger partial charge in [0.15, 0.2) is 0 Å². The SMILES string of the molecule is CCCCCC(C)Nc1cccc2cc(Br)cnc12. The van der Waals surface area contributed by atoms with Crippen LogP contribution < -0.4 is 5.32 Å². The van der Waals surface area contributed by atoms with E-state index >= 15 is 0 Å². The van der Waals surface area contributed by atoms with E-state index in [9.17, 15) is 0 Å². The number of nitrogens with zero attached hydrogens (tertiary/aromatic N) is 1. The molecule has 3 heteroatoms.